The van der Waals surface area contributed by atoms with Gasteiger partial charge >= 0.3 is 55.7 Å². The van der Waals surface area contributed by atoms with Crippen LogP contribution in [0.4, 0.5) is 17.3 Å². The Labute approximate surface area is 72.6 Å². The van der Waals surface area contributed by atoms with Gasteiger partial charge in [-0.15, -0.1) is 0 Å². The van der Waals surface area contributed by atoms with E-state index in [9.17, 15) is 17.3 Å². The van der Waals surface area contributed by atoms with Crippen LogP contribution in [0.1, 0.15) is 0 Å². The third-order valence-corrected chi connectivity index (χ3v) is 0. The molecule has 0 atom stereocenters. The van der Waals surface area contributed by atoms with E-state index < -0.39 is 7.25 Å². The van der Waals surface area contributed by atoms with Crippen LogP contribution in [0.3, 0.4) is 0 Å². The molecule has 0 saturated carbocycles. The van der Waals surface area contributed by atoms with Crippen LogP contribution in [0.5, 0.6) is 0 Å². The number of rotatable bonds is 0. The third kappa shape index (κ3) is 112. The zero-order valence-electron chi connectivity index (χ0n) is 2.09. The molecule has 0 aromatic rings. The molecule has 0 aromatic carbocycles. The molecule has 0 bridgehead atoms. The molecular weight excluding hydrogens is 117 g/mol. The Morgan fingerprint density at radius 2 is 0.857 bits per heavy atom. The van der Waals surface area contributed by atoms with Gasteiger partial charge in [-0.2, -0.15) is 0 Å². The van der Waals surface area contributed by atoms with E-state index in [4.69, 9.17) is 0 Å². The molecule has 0 aliphatic carbocycles. The maximum absolute atomic E-state index is 9.75. The van der Waals surface area contributed by atoms with Crippen LogP contribution in [0.25, 0.3) is 0 Å². The van der Waals surface area contributed by atoms with Crippen molar-refractivity contribution < 1.29 is 17.3 Å². The normalized spacial score (nSPS) is 8.57. The molecule has 0 rings (SSSR count). The third-order valence-electron chi connectivity index (χ3n) is 0. The molecule has 0 nitrogen and oxygen atoms in total. The Hall–Kier alpha value is 1.38. The monoisotopic (exact) mass is 119 g/mol. The molecule has 36 valence electrons. The van der Waals surface area contributed by atoms with Crippen LogP contribution in [0, 0.1) is 0 Å². The Bertz CT molecular complexity index is 27.2. The minimum absolute atomic E-state index is 0. The molecular formula is H2BF4LiNa-. The molecule has 0 aromatic heterocycles. The van der Waals surface area contributed by atoms with Gasteiger partial charge in [-0.1, -0.05) is 0 Å². The first-order valence-electron chi connectivity index (χ1n) is 0.873. The van der Waals surface area contributed by atoms with Crippen LogP contribution in [0.2, 0.25) is 0 Å². The zero-order chi connectivity index (χ0) is 4.50. The Morgan fingerprint density at radius 3 is 0.857 bits per heavy atom. The predicted octanol–water partition coefficient (Wildman–Crippen LogP) is 0.00300. The van der Waals surface area contributed by atoms with E-state index >= 15 is 0 Å². The summed E-state index contributed by atoms with van der Waals surface area (Å²) in [4.78, 5) is 0. The van der Waals surface area contributed by atoms with Crippen molar-refractivity contribution in [3.05, 3.63) is 0 Å². The summed E-state index contributed by atoms with van der Waals surface area (Å²) in [5.41, 5.74) is 0. The van der Waals surface area contributed by atoms with E-state index in [1.165, 1.54) is 0 Å². The standard InChI is InChI=1S/BF4.Li.Na.2H/c2-1(3,4)5;;;;/q-1;;;;. The molecule has 0 amide bonds. The average Bonchev–Trinajstić information content (AvgIpc) is 0.722. The van der Waals surface area contributed by atoms with Crippen molar-refractivity contribution in [1.82, 2.24) is 0 Å². The number of hydrogen-bond donors (Lipinski definition) is 0. The van der Waals surface area contributed by atoms with Gasteiger partial charge in [0.2, 0.25) is 0 Å². The summed E-state index contributed by atoms with van der Waals surface area (Å²) in [5, 5.41) is 0. The summed E-state index contributed by atoms with van der Waals surface area (Å²) in [6.45, 7) is 0. The molecule has 0 unspecified atom stereocenters. The summed E-state index contributed by atoms with van der Waals surface area (Å²) < 4.78 is 39.0. The average molecular weight is 119 g/mol. The summed E-state index contributed by atoms with van der Waals surface area (Å²) in [6, 6.07) is 0. The quantitative estimate of drug-likeness (QED) is 0.311. The van der Waals surface area contributed by atoms with Gasteiger partial charge in [0, 0.05) is 0 Å². The molecule has 0 saturated heterocycles. The molecule has 7 heteroatoms. The van der Waals surface area contributed by atoms with Crippen molar-refractivity contribution in [2.24, 2.45) is 0 Å². The van der Waals surface area contributed by atoms with E-state index in [0.717, 1.165) is 0 Å². The minimum atomic E-state index is -6.00. The van der Waals surface area contributed by atoms with Gasteiger partial charge in [0.05, 0.1) is 0 Å². The summed E-state index contributed by atoms with van der Waals surface area (Å²) in [5.74, 6) is 0. The van der Waals surface area contributed by atoms with Crippen LogP contribution in [0.15, 0.2) is 0 Å². The van der Waals surface area contributed by atoms with Gasteiger partial charge < -0.3 is 17.3 Å². The van der Waals surface area contributed by atoms with Crippen molar-refractivity contribution in [2.75, 3.05) is 0 Å². The summed E-state index contributed by atoms with van der Waals surface area (Å²) >= 11 is 0. The van der Waals surface area contributed by atoms with Gasteiger partial charge in [-0.3, -0.25) is 0 Å². The van der Waals surface area contributed by atoms with E-state index in [0.29, 0.717) is 0 Å². The predicted molar refractivity (Wildman–Crippen MR) is 24.5 cm³/mol. The summed E-state index contributed by atoms with van der Waals surface area (Å²) in [7, 11) is -6.00. The van der Waals surface area contributed by atoms with Crippen LogP contribution < -0.4 is 0 Å². The second-order valence-corrected chi connectivity index (χ2v) is 0.495. The van der Waals surface area contributed by atoms with Crippen molar-refractivity contribution in [3.63, 3.8) is 0 Å². The second-order valence-electron chi connectivity index (χ2n) is 0.495. The first-order chi connectivity index (χ1) is 2.00. The zero-order valence-corrected chi connectivity index (χ0v) is 2.09. The molecule has 0 N–H and O–H groups in total. The van der Waals surface area contributed by atoms with Crippen molar-refractivity contribution >= 4 is 55.7 Å². The van der Waals surface area contributed by atoms with Crippen molar-refractivity contribution in [3.8, 4) is 0 Å². The van der Waals surface area contributed by atoms with Crippen LogP contribution >= 0.6 is 0 Å². The van der Waals surface area contributed by atoms with Gasteiger partial charge in [-0.05, 0) is 0 Å². The van der Waals surface area contributed by atoms with Crippen molar-refractivity contribution in [2.45, 2.75) is 0 Å². The molecule has 7 heavy (non-hydrogen) atoms. The Kier molecular flexibility index (Phi) is 12.4. The molecule has 0 heterocycles. The van der Waals surface area contributed by atoms with E-state index in [1.807, 2.05) is 0 Å². The molecule has 0 radical (unpaired) electrons. The maximum atomic E-state index is 9.75. The van der Waals surface area contributed by atoms with E-state index in [2.05, 4.69) is 0 Å². The van der Waals surface area contributed by atoms with E-state index in [1.54, 1.807) is 0 Å². The first-order valence-corrected chi connectivity index (χ1v) is 0.873. The van der Waals surface area contributed by atoms with Crippen LogP contribution in [-0.4, -0.2) is 55.7 Å². The molecule has 0 aliphatic rings. The Balaban J connectivity index is -0.0000000800. The molecule has 0 fully saturated rings. The SMILES string of the molecule is F[B-](F)(F)F.[LiH].[NaH]. The Morgan fingerprint density at radius 1 is 0.857 bits per heavy atom. The molecule has 0 spiro atoms. The van der Waals surface area contributed by atoms with E-state index in [-0.39, 0.29) is 48.4 Å². The van der Waals surface area contributed by atoms with Crippen LogP contribution in [-0.2, 0) is 0 Å². The van der Waals surface area contributed by atoms with Crippen molar-refractivity contribution in [1.29, 1.82) is 0 Å². The first kappa shape index (κ1) is 15.8. The van der Waals surface area contributed by atoms with Gasteiger partial charge in [0.25, 0.3) is 0 Å². The fraction of sp³-hybridized carbons (Fsp3) is 0. The van der Waals surface area contributed by atoms with Gasteiger partial charge in [0.1, 0.15) is 0 Å². The topological polar surface area (TPSA) is 0 Å². The summed E-state index contributed by atoms with van der Waals surface area (Å²) in [6.07, 6.45) is 0. The fourth-order valence-corrected chi connectivity index (χ4v) is 0. The fourth-order valence-electron chi connectivity index (χ4n) is 0. The second kappa shape index (κ2) is 5.52. The molecule has 0 aliphatic heterocycles. The number of halogens is 4. The number of hydrogen-bond acceptors (Lipinski definition) is 0. The van der Waals surface area contributed by atoms with Gasteiger partial charge in [0.15, 0.2) is 0 Å². The van der Waals surface area contributed by atoms with Gasteiger partial charge in [-0.25, -0.2) is 0 Å².